The molecule has 0 unspecified atom stereocenters. The molecule has 102 valence electrons. The molecule has 1 fully saturated rings. The molecule has 0 bridgehead atoms. The summed E-state index contributed by atoms with van der Waals surface area (Å²) in [6.45, 7) is 8.34. The molecule has 1 amide bonds. The molecule has 1 aliphatic carbocycles. The first kappa shape index (κ1) is 12.5. The monoisotopic (exact) mass is 260 g/mol. The van der Waals surface area contributed by atoms with Crippen LogP contribution in [0.2, 0.25) is 0 Å². The number of hydrogen-bond acceptors (Lipinski definition) is 3. The molecule has 0 radical (unpaired) electrons. The Hall–Kier alpha value is -1.55. The first-order valence-corrected chi connectivity index (χ1v) is 6.60. The van der Waals surface area contributed by atoms with Crippen LogP contribution in [-0.2, 0) is 15.7 Å². The Morgan fingerprint density at radius 3 is 2.37 bits per heavy atom. The minimum Gasteiger partial charge on any atom is -0.439 e. The van der Waals surface area contributed by atoms with Crippen LogP contribution in [0, 0.1) is 0 Å². The fourth-order valence-corrected chi connectivity index (χ4v) is 3.84. The standard InChI is InChI=1S/C15H20N2O2/c1-13(2)9-14(3)15(4,17(16)12(18)19-14)11-8-6-5-7-10(11)13/h5-8H,9,16H2,1-4H3/t14-,15+/m1/s1. The Morgan fingerprint density at radius 1 is 1.16 bits per heavy atom. The highest BCUT2D eigenvalue weighted by Gasteiger charge is 2.65. The summed E-state index contributed by atoms with van der Waals surface area (Å²) in [6.07, 6.45) is 0.310. The van der Waals surface area contributed by atoms with Crippen LogP contribution >= 0.6 is 0 Å². The van der Waals surface area contributed by atoms with Crippen molar-refractivity contribution in [3.63, 3.8) is 0 Å². The van der Waals surface area contributed by atoms with E-state index in [1.807, 2.05) is 26.0 Å². The van der Waals surface area contributed by atoms with Crippen LogP contribution in [0.4, 0.5) is 4.79 Å². The highest BCUT2D eigenvalue weighted by molar-refractivity contribution is 5.73. The van der Waals surface area contributed by atoms with Gasteiger partial charge in [0, 0.05) is 0 Å². The summed E-state index contributed by atoms with van der Waals surface area (Å²) in [5.74, 6) is 6.01. The molecule has 0 saturated carbocycles. The van der Waals surface area contributed by atoms with Crippen LogP contribution in [-0.4, -0.2) is 16.7 Å². The molecular weight excluding hydrogens is 240 g/mol. The van der Waals surface area contributed by atoms with E-state index in [0.29, 0.717) is 0 Å². The summed E-state index contributed by atoms with van der Waals surface area (Å²) in [7, 11) is 0. The Balaban J connectivity index is 2.32. The zero-order chi connectivity index (χ0) is 14.1. The number of nitrogens with zero attached hydrogens (tertiary/aromatic N) is 1. The van der Waals surface area contributed by atoms with Gasteiger partial charge in [-0.25, -0.2) is 15.6 Å². The minimum atomic E-state index is -0.615. The Morgan fingerprint density at radius 2 is 1.74 bits per heavy atom. The van der Waals surface area contributed by atoms with Gasteiger partial charge >= 0.3 is 6.09 Å². The van der Waals surface area contributed by atoms with Gasteiger partial charge in [0.05, 0.1) is 0 Å². The van der Waals surface area contributed by atoms with Gasteiger partial charge in [0.25, 0.3) is 0 Å². The predicted octanol–water partition coefficient (Wildman–Crippen LogP) is 2.67. The van der Waals surface area contributed by atoms with E-state index in [0.717, 1.165) is 12.0 Å². The molecule has 1 aliphatic heterocycles. The number of hydrogen-bond donors (Lipinski definition) is 1. The van der Waals surface area contributed by atoms with Crippen molar-refractivity contribution in [3.8, 4) is 0 Å². The van der Waals surface area contributed by atoms with Crippen LogP contribution in [0.1, 0.15) is 45.2 Å². The average molecular weight is 260 g/mol. The largest absolute Gasteiger partial charge is 0.439 e. The van der Waals surface area contributed by atoms with Gasteiger partial charge < -0.3 is 4.74 Å². The van der Waals surface area contributed by atoms with Gasteiger partial charge in [0.2, 0.25) is 0 Å². The van der Waals surface area contributed by atoms with Crippen LogP contribution < -0.4 is 5.84 Å². The lowest BCUT2D eigenvalue weighted by atomic mass is 9.59. The van der Waals surface area contributed by atoms with Gasteiger partial charge in [-0.2, -0.15) is 0 Å². The zero-order valence-electron chi connectivity index (χ0n) is 11.9. The molecule has 2 atom stereocenters. The molecule has 0 aromatic heterocycles. The van der Waals surface area contributed by atoms with Crippen molar-refractivity contribution in [1.82, 2.24) is 5.01 Å². The molecule has 0 spiro atoms. The fraction of sp³-hybridized carbons (Fsp3) is 0.533. The molecule has 1 aromatic carbocycles. The van der Waals surface area contributed by atoms with Crippen molar-refractivity contribution in [2.75, 3.05) is 0 Å². The quantitative estimate of drug-likeness (QED) is 0.576. The normalized spacial score (nSPS) is 35.6. The van der Waals surface area contributed by atoms with Crippen LogP contribution in [0.25, 0.3) is 0 Å². The van der Waals surface area contributed by atoms with Gasteiger partial charge in [0.1, 0.15) is 11.1 Å². The van der Waals surface area contributed by atoms with E-state index in [-0.39, 0.29) is 5.41 Å². The van der Waals surface area contributed by atoms with Gasteiger partial charge in [-0.05, 0) is 36.8 Å². The second-order valence-corrected chi connectivity index (χ2v) is 6.65. The first-order valence-electron chi connectivity index (χ1n) is 6.60. The van der Waals surface area contributed by atoms with Gasteiger partial charge in [0.15, 0.2) is 0 Å². The van der Waals surface area contributed by atoms with Crippen molar-refractivity contribution >= 4 is 6.09 Å². The minimum absolute atomic E-state index is 0.0453. The van der Waals surface area contributed by atoms with E-state index in [2.05, 4.69) is 26.0 Å². The van der Waals surface area contributed by atoms with Crippen LogP contribution in [0.5, 0.6) is 0 Å². The van der Waals surface area contributed by atoms with Crippen LogP contribution in [0.3, 0.4) is 0 Å². The lowest BCUT2D eigenvalue weighted by molar-refractivity contribution is -0.0294. The Bertz CT molecular complexity index is 569. The topological polar surface area (TPSA) is 55.6 Å². The van der Waals surface area contributed by atoms with Crippen molar-refractivity contribution in [2.24, 2.45) is 5.84 Å². The number of benzene rings is 1. The number of hydrazine groups is 1. The molecule has 4 nitrogen and oxygen atoms in total. The summed E-state index contributed by atoms with van der Waals surface area (Å²) >= 11 is 0. The maximum absolute atomic E-state index is 12.0. The lowest BCUT2D eigenvalue weighted by Gasteiger charge is -2.50. The van der Waals surface area contributed by atoms with E-state index in [1.54, 1.807) is 0 Å². The Kier molecular flexibility index (Phi) is 2.17. The maximum Gasteiger partial charge on any atom is 0.425 e. The molecule has 4 heteroatoms. The number of rotatable bonds is 0. The summed E-state index contributed by atoms with van der Waals surface area (Å²) < 4.78 is 5.62. The molecule has 3 rings (SSSR count). The van der Waals surface area contributed by atoms with E-state index in [4.69, 9.17) is 10.6 Å². The average Bonchev–Trinajstić information content (AvgIpc) is 2.50. The van der Waals surface area contributed by atoms with Gasteiger partial charge in [-0.1, -0.05) is 38.1 Å². The highest BCUT2D eigenvalue weighted by atomic mass is 16.6. The summed E-state index contributed by atoms with van der Waals surface area (Å²) in [6, 6.07) is 8.20. The van der Waals surface area contributed by atoms with Crippen molar-refractivity contribution in [3.05, 3.63) is 35.4 Å². The number of amides is 1. The van der Waals surface area contributed by atoms with E-state index < -0.39 is 17.2 Å². The number of nitrogens with two attached hydrogens (primary N) is 1. The summed E-state index contributed by atoms with van der Waals surface area (Å²) in [5, 5.41) is 1.25. The molecular formula is C15H20N2O2. The highest BCUT2D eigenvalue weighted by Crippen LogP contribution is 2.56. The van der Waals surface area contributed by atoms with Crippen molar-refractivity contribution in [1.29, 1.82) is 0 Å². The number of carbonyl (C=O) groups is 1. The summed E-state index contributed by atoms with van der Waals surface area (Å²) in [4.78, 5) is 12.0. The third-order valence-electron chi connectivity index (χ3n) is 4.98. The first-order chi connectivity index (χ1) is 8.72. The fourth-order valence-electron chi connectivity index (χ4n) is 3.84. The van der Waals surface area contributed by atoms with Crippen molar-refractivity contribution < 1.29 is 9.53 Å². The second kappa shape index (κ2) is 3.31. The lowest BCUT2D eigenvalue weighted by Crippen LogP contribution is -2.60. The molecule has 2 N–H and O–H groups in total. The zero-order valence-corrected chi connectivity index (χ0v) is 11.9. The second-order valence-electron chi connectivity index (χ2n) is 6.65. The molecule has 1 saturated heterocycles. The molecule has 1 aromatic rings. The molecule has 2 aliphatic rings. The van der Waals surface area contributed by atoms with E-state index >= 15 is 0 Å². The van der Waals surface area contributed by atoms with Gasteiger partial charge in [-0.15, -0.1) is 0 Å². The molecule has 19 heavy (non-hydrogen) atoms. The van der Waals surface area contributed by atoms with E-state index in [1.165, 1.54) is 10.6 Å². The smallest absolute Gasteiger partial charge is 0.425 e. The SMILES string of the molecule is CC1(C)C[C@@]2(C)OC(=O)N(N)[C@@]2(C)c2ccccc21. The number of fused-ring (bicyclic) bond motifs is 3. The van der Waals surface area contributed by atoms with E-state index in [9.17, 15) is 4.79 Å². The van der Waals surface area contributed by atoms with Crippen molar-refractivity contribution in [2.45, 2.75) is 50.7 Å². The molecule has 1 heterocycles. The third kappa shape index (κ3) is 1.30. The maximum atomic E-state index is 12.0. The van der Waals surface area contributed by atoms with Crippen LogP contribution in [0.15, 0.2) is 24.3 Å². The third-order valence-corrected chi connectivity index (χ3v) is 4.98. The predicted molar refractivity (Wildman–Crippen MR) is 72.3 cm³/mol. The van der Waals surface area contributed by atoms with Gasteiger partial charge in [-0.3, -0.25) is 0 Å². The number of carbonyl (C=O) groups excluding carboxylic acids is 1. The Labute approximate surface area is 113 Å². The summed E-state index contributed by atoms with van der Waals surface area (Å²) in [5.41, 5.74) is 1.06. The number of ether oxygens (including phenoxy) is 1.